The van der Waals surface area contributed by atoms with Gasteiger partial charge in [-0.2, -0.15) is 0 Å². The molecule has 2 aliphatic rings. The van der Waals surface area contributed by atoms with Crippen LogP contribution in [-0.4, -0.2) is 49.2 Å². The Kier molecular flexibility index (Phi) is 7.67. The Balaban J connectivity index is 1.47. The van der Waals surface area contributed by atoms with Gasteiger partial charge in [0.25, 0.3) is 8.32 Å². The maximum absolute atomic E-state index is 11.3. The van der Waals surface area contributed by atoms with Crippen molar-refractivity contribution < 1.29 is 19.4 Å². The zero-order valence-electron chi connectivity index (χ0n) is 22.2. The summed E-state index contributed by atoms with van der Waals surface area (Å²) < 4.78 is 13.0. The van der Waals surface area contributed by atoms with Gasteiger partial charge in [-0.15, -0.1) is 0 Å². The molecule has 0 radical (unpaired) electrons. The van der Waals surface area contributed by atoms with Crippen molar-refractivity contribution in [3.05, 3.63) is 59.7 Å². The lowest BCUT2D eigenvalue weighted by molar-refractivity contribution is -0.0665. The summed E-state index contributed by atoms with van der Waals surface area (Å²) in [6, 6.07) is 15.8. The van der Waals surface area contributed by atoms with Crippen LogP contribution in [-0.2, 0) is 5.60 Å². The first kappa shape index (κ1) is 26.2. The molecule has 6 heteroatoms. The van der Waals surface area contributed by atoms with Crippen molar-refractivity contribution >= 4 is 8.32 Å². The van der Waals surface area contributed by atoms with Crippen molar-refractivity contribution in [3.8, 4) is 11.5 Å². The van der Waals surface area contributed by atoms with E-state index in [1.54, 1.807) is 0 Å². The smallest absolute Gasteiger partial charge is 0.258 e. The van der Waals surface area contributed by atoms with E-state index in [9.17, 15) is 10.2 Å². The molecule has 1 fully saturated rings. The molecule has 4 rings (SSSR count). The number of piperidine rings is 1. The molecule has 0 saturated carbocycles. The number of nitrogens with zero attached hydrogens (tertiary/aromatic N) is 1. The van der Waals surface area contributed by atoms with Crippen LogP contribution in [0.5, 0.6) is 11.5 Å². The lowest BCUT2D eigenvalue weighted by Gasteiger charge is -2.45. The molecule has 2 aromatic carbocycles. The first-order chi connectivity index (χ1) is 16.6. The number of hydrogen-bond donors (Lipinski definition) is 2. The molecule has 2 aliphatic heterocycles. The fourth-order valence-electron chi connectivity index (χ4n) is 6.55. The maximum Gasteiger partial charge on any atom is 0.258 e. The van der Waals surface area contributed by atoms with E-state index in [1.807, 2.05) is 48.5 Å². The summed E-state index contributed by atoms with van der Waals surface area (Å²) in [5.74, 6) is 1.58. The predicted molar refractivity (Wildman–Crippen MR) is 144 cm³/mol. The van der Waals surface area contributed by atoms with Crippen LogP contribution in [0.4, 0.5) is 0 Å². The minimum atomic E-state index is -2.06. The third-order valence-electron chi connectivity index (χ3n) is 8.48. The zero-order valence-corrected chi connectivity index (χ0v) is 23.2. The topological polar surface area (TPSA) is 62.2 Å². The number of fused-ring (bicyclic) bond motifs is 1. The highest BCUT2D eigenvalue weighted by Crippen LogP contribution is 2.45. The molecular weight excluding hydrogens is 454 g/mol. The molecule has 0 aliphatic carbocycles. The molecule has 2 aromatic rings. The van der Waals surface area contributed by atoms with E-state index in [0.29, 0.717) is 36.1 Å². The Morgan fingerprint density at radius 2 is 1.54 bits per heavy atom. The van der Waals surface area contributed by atoms with Crippen LogP contribution in [0.25, 0.3) is 0 Å². The second-order valence-corrected chi connectivity index (χ2v) is 16.8. The van der Waals surface area contributed by atoms with Crippen molar-refractivity contribution in [1.29, 1.82) is 0 Å². The second kappa shape index (κ2) is 10.2. The minimum absolute atomic E-state index is 0.120. The van der Waals surface area contributed by atoms with E-state index < -0.39 is 20.0 Å². The highest BCUT2D eigenvalue weighted by atomic mass is 28.4. The normalized spacial score (nSPS) is 22.8. The summed E-state index contributed by atoms with van der Waals surface area (Å²) in [5, 5.41) is 22.5. The molecule has 1 saturated heterocycles. The van der Waals surface area contributed by atoms with E-state index in [2.05, 4.69) is 46.4 Å². The molecule has 2 heterocycles. The van der Waals surface area contributed by atoms with Crippen LogP contribution in [0, 0.1) is 0 Å². The second-order valence-electron chi connectivity index (χ2n) is 11.4. The van der Waals surface area contributed by atoms with Crippen LogP contribution in [0.2, 0.25) is 16.6 Å². The fraction of sp³-hybridized carbons (Fsp3) is 0.586. The molecule has 2 atom stereocenters. The summed E-state index contributed by atoms with van der Waals surface area (Å²) in [6.45, 7) is 15.6. The van der Waals surface area contributed by atoms with Crippen LogP contribution < -0.4 is 9.16 Å². The molecule has 0 bridgehead atoms. The van der Waals surface area contributed by atoms with Gasteiger partial charge < -0.3 is 19.4 Å². The van der Waals surface area contributed by atoms with Crippen LogP contribution in [0.3, 0.4) is 0 Å². The average molecular weight is 498 g/mol. The van der Waals surface area contributed by atoms with Crippen LogP contribution in [0.1, 0.15) is 71.6 Å². The van der Waals surface area contributed by atoms with Gasteiger partial charge in [-0.25, -0.2) is 0 Å². The van der Waals surface area contributed by atoms with Crippen molar-refractivity contribution in [3.63, 3.8) is 0 Å². The number of aliphatic hydroxyl groups excluding tert-OH is 1. The van der Waals surface area contributed by atoms with Gasteiger partial charge in [0.15, 0.2) is 0 Å². The number of rotatable bonds is 7. The van der Waals surface area contributed by atoms with E-state index >= 15 is 0 Å². The van der Waals surface area contributed by atoms with Gasteiger partial charge in [-0.1, -0.05) is 71.9 Å². The Hall–Kier alpha value is -1.86. The summed E-state index contributed by atoms with van der Waals surface area (Å²) in [6.07, 6.45) is 0.663. The first-order valence-corrected chi connectivity index (χ1v) is 15.4. The van der Waals surface area contributed by atoms with Gasteiger partial charge >= 0.3 is 0 Å². The van der Waals surface area contributed by atoms with E-state index in [-0.39, 0.29) is 6.04 Å². The van der Waals surface area contributed by atoms with E-state index in [1.165, 1.54) is 0 Å². The van der Waals surface area contributed by atoms with Crippen molar-refractivity contribution in [2.75, 3.05) is 19.7 Å². The Labute approximate surface area is 212 Å². The average Bonchev–Trinajstić information content (AvgIpc) is 2.83. The predicted octanol–water partition coefficient (Wildman–Crippen LogP) is 6.02. The number of likely N-dealkylation sites (tertiary alicyclic amines) is 1. The van der Waals surface area contributed by atoms with E-state index in [0.717, 1.165) is 35.7 Å². The van der Waals surface area contributed by atoms with Gasteiger partial charge in [-0.05, 0) is 47.2 Å². The van der Waals surface area contributed by atoms with Gasteiger partial charge in [0.1, 0.15) is 24.2 Å². The molecule has 35 heavy (non-hydrogen) atoms. The molecular formula is C29H43NO4Si. The standard InChI is InChI=1S/C29H43NO4Si/c1-20(2)35(21(3)4,22(5)6)34-24-12-13-25-27(18-24)33-19-26(28(25)31)30-16-14-29(32,15-17-30)23-10-8-7-9-11-23/h7-13,18,20-22,26,28,31-32H,14-17,19H2,1-6H3/t26-,28-/m1/s1. The SMILES string of the molecule is CC(C)[Si](Oc1ccc2c(c1)OC[C@@H](N1CCC(O)(c3ccccc3)CC1)[C@@H]2O)(C(C)C)C(C)C. The number of benzene rings is 2. The van der Waals surface area contributed by atoms with Gasteiger partial charge in [0.05, 0.1) is 11.6 Å². The minimum Gasteiger partial charge on any atom is -0.543 e. The zero-order chi connectivity index (χ0) is 25.4. The van der Waals surface area contributed by atoms with Crippen molar-refractivity contribution in [2.24, 2.45) is 0 Å². The van der Waals surface area contributed by atoms with Gasteiger partial charge in [-0.3, -0.25) is 4.90 Å². The van der Waals surface area contributed by atoms with E-state index in [4.69, 9.17) is 9.16 Å². The molecule has 0 spiro atoms. The van der Waals surface area contributed by atoms with Crippen molar-refractivity contribution in [1.82, 2.24) is 4.90 Å². The molecule has 192 valence electrons. The molecule has 0 amide bonds. The number of hydrogen-bond acceptors (Lipinski definition) is 5. The van der Waals surface area contributed by atoms with Crippen molar-refractivity contribution in [2.45, 2.75) is 88.8 Å². The molecule has 0 aromatic heterocycles. The van der Waals surface area contributed by atoms with Crippen LogP contribution in [0.15, 0.2) is 48.5 Å². The monoisotopic (exact) mass is 497 g/mol. The van der Waals surface area contributed by atoms with Crippen LogP contribution >= 0.6 is 0 Å². The summed E-state index contributed by atoms with van der Waals surface area (Å²) in [7, 11) is -2.06. The fourth-order valence-corrected chi connectivity index (χ4v) is 11.8. The largest absolute Gasteiger partial charge is 0.543 e. The Morgan fingerprint density at radius 1 is 0.943 bits per heavy atom. The lowest BCUT2D eigenvalue weighted by Crippen LogP contribution is -2.52. The van der Waals surface area contributed by atoms with Gasteiger partial charge in [0, 0.05) is 24.7 Å². The maximum atomic E-state index is 11.3. The third-order valence-corrected chi connectivity index (χ3v) is 14.5. The number of aliphatic hydroxyl groups is 2. The number of ether oxygens (including phenoxy) is 1. The summed E-state index contributed by atoms with van der Waals surface area (Å²) in [4.78, 5) is 2.27. The highest BCUT2D eigenvalue weighted by molar-refractivity contribution is 6.78. The molecule has 0 unspecified atom stereocenters. The quantitative estimate of drug-likeness (QED) is 0.458. The Bertz CT molecular complexity index is 964. The van der Waals surface area contributed by atoms with Gasteiger partial charge in [0.2, 0.25) is 0 Å². The summed E-state index contributed by atoms with van der Waals surface area (Å²) in [5.41, 5.74) is 2.46. The first-order valence-electron chi connectivity index (χ1n) is 13.2. The lowest BCUT2D eigenvalue weighted by atomic mass is 9.83. The highest BCUT2D eigenvalue weighted by Gasteiger charge is 2.47. The third kappa shape index (κ3) is 4.91. The Morgan fingerprint density at radius 3 is 2.11 bits per heavy atom. The summed E-state index contributed by atoms with van der Waals surface area (Å²) >= 11 is 0. The molecule has 2 N–H and O–H groups in total. The molecule has 5 nitrogen and oxygen atoms in total.